The van der Waals surface area contributed by atoms with Gasteiger partial charge in [0, 0.05) is 12.1 Å². The maximum atomic E-state index is 10.2. The van der Waals surface area contributed by atoms with Crippen LogP contribution in [-0.2, 0) is 0 Å². The molecule has 0 saturated heterocycles. The Morgan fingerprint density at radius 3 is 2.21 bits per heavy atom. The summed E-state index contributed by atoms with van der Waals surface area (Å²) in [5.41, 5.74) is 6.37. The van der Waals surface area contributed by atoms with E-state index in [4.69, 9.17) is 5.73 Å². The topological polar surface area (TPSA) is 93.2 Å². The second kappa shape index (κ2) is 4.05. The summed E-state index contributed by atoms with van der Waals surface area (Å²) in [7, 11) is 0. The van der Waals surface area contributed by atoms with Crippen LogP contribution in [0.5, 0.6) is 5.75 Å². The Labute approximate surface area is 73.1 Å². The van der Waals surface area contributed by atoms with Crippen molar-refractivity contribution in [1.82, 2.24) is 0 Å². The summed E-state index contributed by atoms with van der Waals surface area (Å²) in [4.78, 5) is 19.8. The molecule has 0 spiro atoms. The van der Waals surface area contributed by atoms with Gasteiger partial charge in [-0.1, -0.05) is 0 Å². The van der Waals surface area contributed by atoms with Crippen molar-refractivity contribution in [3.63, 3.8) is 0 Å². The first kappa shape index (κ1) is 10.9. The fourth-order valence-electron chi connectivity index (χ4n) is 0.743. The van der Waals surface area contributed by atoms with Gasteiger partial charge in [-0.15, -0.1) is 0 Å². The van der Waals surface area contributed by atoms with Crippen LogP contribution in [0.3, 0.4) is 0 Å². The molecule has 14 heavy (non-hydrogen) atoms. The van der Waals surface area contributed by atoms with E-state index in [0.717, 1.165) is 0 Å². The zero-order chi connectivity index (χ0) is 9.84. The van der Waals surface area contributed by atoms with Crippen LogP contribution >= 0.6 is 0 Å². The Bertz CT molecular complexity index is 338. The number of hydrogen-bond acceptors (Lipinski definition) is 4. The molecule has 1 amide bonds. The van der Waals surface area contributed by atoms with Crippen LogP contribution in [0.4, 0.5) is 10.5 Å². The molecule has 0 unspecified atom stereocenters. The summed E-state index contributed by atoms with van der Waals surface area (Å²) >= 11 is 0. The number of nitrogens with zero attached hydrogens (tertiary/aromatic N) is 1. The number of nitrogens with one attached hydrogen (secondary N) is 1. The number of non-ortho nitro benzene ring substituents is 1. The molecule has 70 valence electrons. The Kier molecular flexibility index (Phi) is 3.15. The zero-order valence-corrected chi connectivity index (χ0v) is 13.5. The first-order valence-electron chi connectivity index (χ1n) is 3.27. The van der Waals surface area contributed by atoms with E-state index in [1.165, 1.54) is 24.3 Å². The minimum atomic E-state index is -1.20. The van der Waals surface area contributed by atoms with Crippen molar-refractivity contribution in [3.8, 4) is 5.75 Å². The number of benzene rings is 1. The molecular formula is C7H5N2O4Rf-. The van der Waals surface area contributed by atoms with E-state index in [1.807, 2.05) is 0 Å². The quantitative estimate of drug-likeness (QED) is 0.512. The van der Waals surface area contributed by atoms with E-state index in [-0.39, 0.29) is 11.4 Å². The SMILES string of the molecule is [NH-]C(=O)Oc1ccc([N+](=O)[O-])cc1.[Rf]. The van der Waals surface area contributed by atoms with Crippen molar-refractivity contribution in [3.05, 3.63) is 40.1 Å². The van der Waals surface area contributed by atoms with Gasteiger partial charge in [-0.3, -0.25) is 14.9 Å². The number of carbonyl (C=O) groups excluding carboxylic acids is 1. The van der Waals surface area contributed by atoms with E-state index >= 15 is 0 Å². The minimum Gasteiger partial charge on any atom is -0.631 e. The van der Waals surface area contributed by atoms with Gasteiger partial charge in [-0.25, -0.2) is 0 Å². The molecule has 1 aromatic carbocycles. The molecule has 1 N–H and O–H groups in total. The van der Waals surface area contributed by atoms with E-state index in [9.17, 15) is 14.9 Å². The fourth-order valence-corrected chi connectivity index (χ4v) is 0.743. The molecular weight excluding hydrogens is 443 g/mol. The maximum absolute atomic E-state index is 10.2. The van der Waals surface area contributed by atoms with Gasteiger partial charge in [-0.05, 0) is 12.1 Å². The van der Waals surface area contributed by atoms with Crippen molar-refractivity contribution in [2.45, 2.75) is 0 Å². The van der Waals surface area contributed by atoms with Crippen molar-refractivity contribution in [2.24, 2.45) is 0 Å². The first-order chi connectivity index (χ1) is 6.09. The summed E-state index contributed by atoms with van der Waals surface area (Å²) in [5.74, 6) is 0.116. The average Bonchev–Trinajstić information content (AvgIpc) is 2.04. The molecule has 0 radical (unpaired) electrons. The third-order valence-electron chi connectivity index (χ3n) is 1.26. The monoisotopic (exact) mass is 448 g/mol. The Morgan fingerprint density at radius 2 is 1.86 bits per heavy atom. The number of ether oxygens (including phenoxy) is 1. The molecule has 0 atom stereocenters. The number of hydrogen-bond donors (Lipinski definition) is 0. The van der Waals surface area contributed by atoms with Crippen LogP contribution in [-0.4, -0.2) is 11.0 Å². The summed E-state index contributed by atoms with van der Waals surface area (Å²) < 4.78 is 4.35. The van der Waals surface area contributed by atoms with Gasteiger partial charge in [-0.2, -0.15) is 0 Å². The van der Waals surface area contributed by atoms with Crippen LogP contribution in [0.1, 0.15) is 0 Å². The van der Waals surface area contributed by atoms with E-state index in [2.05, 4.69) is 4.74 Å². The summed E-state index contributed by atoms with van der Waals surface area (Å²) in [6, 6.07) is 4.89. The number of amides is 1. The second-order valence-electron chi connectivity index (χ2n) is 2.14. The summed E-state index contributed by atoms with van der Waals surface area (Å²) in [6.07, 6.45) is -1.20. The van der Waals surface area contributed by atoms with Crippen molar-refractivity contribution in [2.75, 3.05) is 0 Å². The molecule has 0 aliphatic heterocycles. The standard InChI is InChI=1S/C7H6N2O4.Rf/c8-7(10)13-6-3-1-5(2-4-6)9(11)12;/h1-4H,(H2,8,10);/p-1. The van der Waals surface area contributed by atoms with Gasteiger partial charge in [0.05, 0.1) is 4.92 Å². The van der Waals surface area contributed by atoms with Crippen LogP contribution in [0.15, 0.2) is 24.3 Å². The molecule has 0 aromatic heterocycles. The normalized spacial score (nSPS) is 8.57. The van der Waals surface area contributed by atoms with E-state index in [1.54, 1.807) is 0 Å². The van der Waals surface area contributed by atoms with Crippen LogP contribution in [0.25, 0.3) is 5.73 Å². The Morgan fingerprint density at radius 1 is 1.36 bits per heavy atom. The molecule has 0 aliphatic carbocycles. The summed E-state index contributed by atoms with van der Waals surface area (Å²) in [5, 5.41) is 10.2. The molecule has 0 heterocycles. The largest absolute Gasteiger partial charge is 0.631 e. The van der Waals surface area contributed by atoms with Gasteiger partial charge >= 0.3 is 0 Å². The molecule has 0 bridgehead atoms. The van der Waals surface area contributed by atoms with Gasteiger partial charge < -0.3 is 10.5 Å². The number of rotatable bonds is 2. The first-order valence-corrected chi connectivity index (χ1v) is 3.27. The van der Waals surface area contributed by atoms with Crippen LogP contribution < -0.4 is 4.74 Å². The minimum absolute atomic E-state index is 0. The van der Waals surface area contributed by atoms with Gasteiger partial charge in [0.15, 0.2) is 0 Å². The maximum Gasteiger partial charge on any atom is 0.269 e. The number of carbonyl (C=O) groups is 1. The van der Waals surface area contributed by atoms with Gasteiger partial charge in [0.25, 0.3) is 5.69 Å². The average molecular weight is 448 g/mol. The van der Waals surface area contributed by atoms with E-state index < -0.39 is 11.0 Å². The fraction of sp³-hybridized carbons (Fsp3) is 0. The molecule has 0 aliphatic rings. The van der Waals surface area contributed by atoms with Gasteiger partial charge in [0.2, 0.25) is 6.09 Å². The van der Waals surface area contributed by atoms with Crippen LogP contribution in [0, 0.1) is 10.1 Å². The second-order valence-corrected chi connectivity index (χ2v) is 2.14. The third-order valence-corrected chi connectivity index (χ3v) is 1.26. The molecule has 6 nitrogen and oxygen atoms in total. The summed E-state index contributed by atoms with van der Waals surface area (Å²) in [6.45, 7) is 0. The van der Waals surface area contributed by atoms with Gasteiger partial charge in [0.1, 0.15) is 5.75 Å². The predicted molar refractivity (Wildman–Crippen MR) is 43.4 cm³/mol. The molecule has 1 aromatic rings. The molecule has 0 fully saturated rings. The van der Waals surface area contributed by atoms with Crippen molar-refractivity contribution < 1.29 is 14.5 Å². The Hall–Kier alpha value is -3.11. The third kappa shape index (κ3) is 2.50. The van der Waals surface area contributed by atoms with Crippen molar-refractivity contribution in [1.29, 1.82) is 0 Å². The molecule has 0 saturated carbocycles. The number of nitro benzene ring substituents is 1. The predicted octanol–water partition coefficient (Wildman–Crippen LogP) is 2.15. The smallest absolute Gasteiger partial charge is 0.269 e. The van der Waals surface area contributed by atoms with Crippen molar-refractivity contribution >= 4 is 11.8 Å². The van der Waals surface area contributed by atoms with E-state index in [0.29, 0.717) is 0 Å². The van der Waals surface area contributed by atoms with Crippen LogP contribution in [0.2, 0.25) is 0 Å². The Balaban J connectivity index is 0.00000169. The number of nitro groups is 1. The molecule has 1 rings (SSSR count). The molecule has 7 heteroatoms. The zero-order valence-electron chi connectivity index (χ0n) is 7.10.